The van der Waals surface area contributed by atoms with Crippen LogP contribution in [0.1, 0.15) is 40.0 Å². The SMILES string of the molecule is CC1(C)C2CCC1(C)C(NC(=O)Nc1cccc3ccccc13)C2. The Morgan fingerprint density at radius 3 is 2.54 bits per heavy atom. The number of hydrogen-bond acceptors (Lipinski definition) is 1. The summed E-state index contributed by atoms with van der Waals surface area (Å²) in [6.45, 7) is 7.09. The van der Waals surface area contributed by atoms with Gasteiger partial charge in [-0.15, -0.1) is 0 Å². The van der Waals surface area contributed by atoms with Crippen LogP contribution in [0.15, 0.2) is 42.5 Å². The number of nitrogens with one attached hydrogen (secondary N) is 2. The molecule has 126 valence electrons. The molecule has 3 heteroatoms. The normalized spacial score (nSPS) is 30.5. The molecule has 4 rings (SSSR count). The lowest BCUT2D eigenvalue weighted by atomic mass is 9.69. The zero-order valence-electron chi connectivity index (χ0n) is 14.7. The number of amides is 2. The molecule has 2 aromatic rings. The van der Waals surface area contributed by atoms with Gasteiger partial charge in [-0.25, -0.2) is 4.79 Å². The van der Waals surface area contributed by atoms with Crippen molar-refractivity contribution >= 4 is 22.5 Å². The van der Waals surface area contributed by atoms with Crippen molar-refractivity contribution in [2.45, 2.75) is 46.1 Å². The summed E-state index contributed by atoms with van der Waals surface area (Å²) in [5.41, 5.74) is 1.39. The average molecular weight is 322 g/mol. The molecular weight excluding hydrogens is 296 g/mol. The Bertz CT molecular complexity index is 792. The summed E-state index contributed by atoms with van der Waals surface area (Å²) in [5, 5.41) is 8.56. The third-order valence-corrected chi connectivity index (χ3v) is 7.14. The van der Waals surface area contributed by atoms with Crippen LogP contribution in [0.4, 0.5) is 10.5 Å². The molecule has 2 bridgehead atoms. The summed E-state index contributed by atoms with van der Waals surface area (Å²) < 4.78 is 0. The molecule has 2 aliphatic rings. The van der Waals surface area contributed by atoms with Crippen molar-refractivity contribution in [3.8, 4) is 0 Å². The van der Waals surface area contributed by atoms with E-state index in [1.807, 2.05) is 30.3 Å². The smallest absolute Gasteiger partial charge is 0.319 e. The second kappa shape index (κ2) is 5.23. The molecule has 2 aliphatic carbocycles. The topological polar surface area (TPSA) is 41.1 Å². The molecule has 2 aromatic carbocycles. The predicted octanol–water partition coefficient (Wildman–Crippen LogP) is 5.18. The van der Waals surface area contributed by atoms with Gasteiger partial charge in [-0.1, -0.05) is 57.2 Å². The maximum atomic E-state index is 12.6. The second-order valence-electron chi connectivity index (χ2n) is 8.29. The summed E-state index contributed by atoms with van der Waals surface area (Å²) in [6.07, 6.45) is 3.61. The van der Waals surface area contributed by atoms with E-state index in [-0.39, 0.29) is 17.5 Å². The third-order valence-electron chi connectivity index (χ3n) is 7.14. The van der Waals surface area contributed by atoms with Crippen LogP contribution >= 0.6 is 0 Å². The van der Waals surface area contributed by atoms with Crippen LogP contribution < -0.4 is 10.6 Å². The van der Waals surface area contributed by atoms with Crippen LogP contribution in [0.5, 0.6) is 0 Å². The van der Waals surface area contributed by atoms with E-state index < -0.39 is 0 Å². The van der Waals surface area contributed by atoms with E-state index in [4.69, 9.17) is 0 Å². The minimum atomic E-state index is -0.0825. The number of benzene rings is 2. The molecule has 0 aliphatic heterocycles. The highest BCUT2D eigenvalue weighted by atomic mass is 16.2. The first-order valence-electron chi connectivity index (χ1n) is 8.97. The van der Waals surface area contributed by atoms with Gasteiger partial charge < -0.3 is 10.6 Å². The van der Waals surface area contributed by atoms with E-state index in [1.165, 1.54) is 12.8 Å². The lowest BCUT2D eigenvalue weighted by Gasteiger charge is -2.39. The molecule has 0 spiro atoms. The van der Waals surface area contributed by atoms with Crippen LogP contribution in [0.2, 0.25) is 0 Å². The van der Waals surface area contributed by atoms with Crippen LogP contribution in [-0.2, 0) is 0 Å². The number of rotatable bonds is 2. The molecule has 3 unspecified atom stereocenters. The van der Waals surface area contributed by atoms with E-state index in [2.05, 4.69) is 43.5 Å². The van der Waals surface area contributed by atoms with Crippen molar-refractivity contribution in [1.29, 1.82) is 0 Å². The molecule has 2 amide bonds. The molecule has 2 N–H and O–H groups in total. The third kappa shape index (κ3) is 2.14. The van der Waals surface area contributed by atoms with Gasteiger partial charge in [-0.05, 0) is 47.5 Å². The number of hydrogen-bond donors (Lipinski definition) is 2. The van der Waals surface area contributed by atoms with Crippen molar-refractivity contribution in [2.75, 3.05) is 5.32 Å². The Morgan fingerprint density at radius 1 is 1.08 bits per heavy atom. The monoisotopic (exact) mass is 322 g/mol. The summed E-state index contributed by atoms with van der Waals surface area (Å²) in [6, 6.07) is 14.3. The Labute approximate surface area is 143 Å². The number of urea groups is 1. The number of carbonyl (C=O) groups excluding carboxylic acids is 1. The maximum absolute atomic E-state index is 12.6. The van der Waals surface area contributed by atoms with Crippen molar-refractivity contribution < 1.29 is 4.79 Å². The van der Waals surface area contributed by atoms with Gasteiger partial charge in [0.05, 0.1) is 5.69 Å². The molecule has 3 atom stereocenters. The molecule has 24 heavy (non-hydrogen) atoms. The molecule has 0 aromatic heterocycles. The lowest BCUT2D eigenvalue weighted by Crippen LogP contribution is -2.48. The van der Waals surface area contributed by atoms with Crippen LogP contribution in [0, 0.1) is 16.7 Å². The van der Waals surface area contributed by atoms with E-state index in [0.717, 1.165) is 28.8 Å². The van der Waals surface area contributed by atoms with Gasteiger partial charge in [0.15, 0.2) is 0 Å². The molecule has 0 heterocycles. The Hall–Kier alpha value is -2.03. The minimum absolute atomic E-state index is 0.0825. The highest BCUT2D eigenvalue weighted by Gasteiger charge is 2.61. The fourth-order valence-corrected chi connectivity index (χ4v) is 5.07. The highest BCUT2D eigenvalue weighted by Crippen LogP contribution is 2.65. The van der Waals surface area contributed by atoms with Gasteiger partial charge >= 0.3 is 6.03 Å². The van der Waals surface area contributed by atoms with Gasteiger partial charge in [0.25, 0.3) is 0 Å². The zero-order valence-corrected chi connectivity index (χ0v) is 14.7. The Balaban J connectivity index is 1.52. The summed E-state index contributed by atoms with van der Waals surface area (Å²) >= 11 is 0. The van der Waals surface area contributed by atoms with Gasteiger partial charge in [0.2, 0.25) is 0 Å². The van der Waals surface area contributed by atoms with Gasteiger partial charge in [0.1, 0.15) is 0 Å². The van der Waals surface area contributed by atoms with Gasteiger partial charge in [-0.2, -0.15) is 0 Å². The predicted molar refractivity (Wildman–Crippen MR) is 99.1 cm³/mol. The highest BCUT2D eigenvalue weighted by molar-refractivity contribution is 6.01. The molecule has 3 nitrogen and oxygen atoms in total. The van der Waals surface area contributed by atoms with E-state index in [9.17, 15) is 4.79 Å². The second-order valence-corrected chi connectivity index (χ2v) is 8.29. The molecule has 0 radical (unpaired) electrons. The lowest BCUT2D eigenvalue weighted by molar-refractivity contribution is 0.125. The zero-order chi connectivity index (χ0) is 16.9. The van der Waals surface area contributed by atoms with E-state index in [1.54, 1.807) is 0 Å². The van der Waals surface area contributed by atoms with Crippen molar-refractivity contribution in [3.05, 3.63) is 42.5 Å². The first-order valence-corrected chi connectivity index (χ1v) is 8.97. The Kier molecular flexibility index (Phi) is 3.38. The standard InChI is InChI=1S/C21H26N2O/c1-20(2)15-11-12-21(20,3)18(13-15)23-19(24)22-17-10-6-8-14-7-4-5-9-16(14)17/h4-10,15,18H,11-13H2,1-3H3,(H2,22,23,24). The summed E-state index contributed by atoms with van der Waals surface area (Å²) in [7, 11) is 0. The van der Waals surface area contributed by atoms with Crippen molar-refractivity contribution in [1.82, 2.24) is 5.32 Å². The maximum Gasteiger partial charge on any atom is 0.319 e. The molecule has 2 saturated carbocycles. The number of anilines is 1. The van der Waals surface area contributed by atoms with E-state index >= 15 is 0 Å². The first kappa shape index (κ1) is 15.5. The average Bonchev–Trinajstić information content (AvgIpc) is 2.88. The summed E-state index contributed by atoms with van der Waals surface area (Å²) in [4.78, 5) is 12.6. The van der Waals surface area contributed by atoms with Crippen LogP contribution in [-0.4, -0.2) is 12.1 Å². The quantitative estimate of drug-likeness (QED) is 0.786. The van der Waals surface area contributed by atoms with Crippen LogP contribution in [0.3, 0.4) is 0 Å². The molecule has 2 fully saturated rings. The van der Waals surface area contributed by atoms with Gasteiger partial charge in [0, 0.05) is 11.4 Å². The van der Waals surface area contributed by atoms with Gasteiger partial charge in [-0.3, -0.25) is 0 Å². The molecule has 0 saturated heterocycles. The fourth-order valence-electron chi connectivity index (χ4n) is 5.07. The summed E-state index contributed by atoms with van der Waals surface area (Å²) in [5.74, 6) is 0.727. The largest absolute Gasteiger partial charge is 0.335 e. The fraction of sp³-hybridized carbons (Fsp3) is 0.476. The van der Waals surface area contributed by atoms with Crippen molar-refractivity contribution in [3.63, 3.8) is 0 Å². The molecular formula is C21H26N2O. The number of fused-ring (bicyclic) bond motifs is 3. The number of carbonyl (C=O) groups is 1. The van der Waals surface area contributed by atoms with Crippen molar-refractivity contribution in [2.24, 2.45) is 16.7 Å². The van der Waals surface area contributed by atoms with E-state index in [0.29, 0.717) is 5.41 Å². The minimum Gasteiger partial charge on any atom is -0.335 e. The first-order chi connectivity index (χ1) is 11.4. The Morgan fingerprint density at radius 2 is 1.83 bits per heavy atom. The van der Waals surface area contributed by atoms with Crippen LogP contribution in [0.25, 0.3) is 10.8 Å².